The molecule has 1 fully saturated rings. The van der Waals surface area contributed by atoms with Crippen molar-refractivity contribution in [2.75, 3.05) is 41.8 Å². The number of ether oxygens (including phenoxy) is 5. The standard InChI is InChI=1S/C37H47FN6O9/c1-20-24(17-40-30-29(20)44(13-14-49-30)34(48)53-37(8,9)10)23-15-21-16-26(39-18-25(21)28(27(23)38)42-32(46)51-35(2,3)4)41-31(45)50-22-11-12-43(19-22)33(47)52-36(5,6)7/h15-18,22H,11-14,19H2,1-10H3,(H,42,46)(H,39,41,45). The third-order valence-electron chi connectivity index (χ3n) is 7.89. The summed E-state index contributed by atoms with van der Waals surface area (Å²) in [4.78, 5) is 63.2. The van der Waals surface area contributed by atoms with Gasteiger partial charge in [-0.25, -0.2) is 33.5 Å². The Morgan fingerprint density at radius 3 is 2.15 bits per heavy atom. The number of carbonyl (C=O) groups excluding carboxylic acids is 4. The van der Waals surface area contributed by atoms with E-state index >= 15 is 4.39 Å². The maximum atomic E-state index is 16.7. The SMILES string of the molecule is Cc1c(-c2cc3cc(NC(=O)OC4CCN(C(=O)OC(C)(C)C)C4)ncc3c(NC(=O)OC(C)(C)C)c2F)cnc2c1N(C(=O)OC(C)(C)C)CCO2. The van der Waals surface area contributed by atoms with Crippen molar-refractivity contribution in [1.82, 2.24) is 14.9 Å². The zero-order valence-corrected chi connectivity index (χ0v) is 31.8. The van der Waals surface area contributed by atoms with Gasteiger partial charge in [-0.3, -0.25) is 15.5 Å². The van der Waals surface area contributed by atoms with Crippen LogP contribution in [-0.2, 0) is 18.9 Å². The third kappa shape index (κ3) is 9.53. The Morgan fingerprint density at radius 1 is 0.830 bits per heavy atom. The van der Waals surface area contributed by atoms with E-state index in [0.29, 0.717) is 35.2 Å². The molecule has 4 amide bonds. The fourth-order valence-corrected chi connectivity index (χ4v) is 5.77. The van der Waals surface area contributed by atoms with Crippen molar-refractivity contribution < 1.29 is 47.3 Å². The fourth-order valence-electron chi connectivity index (χ4n) is 5.77. The molecule has 16 heteroatoms. The summed E-state index contributed by atoms with van der Waals surface area (Å²) in [6.07, 6.45) is -0.231. The lowest BCUT2D eigenvalue weighted by molar-refractivity contribution is 0.0262. The minimum absolute atomic E-state index is 0.0268. The van der Waals surface area contributed by atoms with E-state index in [2.05, 4.69) is 20.6 Å². The van der Waals surface area contributed by atoms with Crippen LogP contribution in [0.4, 0.5) is 40.8 Å². The van der Waals surface area contributed by atoms with Crippen molar-refractivity contribution in [2.45, 2.75) is 98.6 Å². The van der Waals surface area contributed by atoms with Gasteiger partial charge in [-0.1, -0.05) is 0 Å². The Bertz CT molecular complexity index is 1930. The Hall–Kier alpha value is -5.41. The maximum Gasteiger partial charge on any atom is 0.415 e. The quantitative estimate of drug-likeness (QED) is 0.251. The van der Waals surface area contributed by atoms with E-state index in [1.165, 1.54) is 34.3 Å². The van der Waals surface area contributed by atoms with E-state index in [0.717, 1.165) is 0 Å². The number of rotatable bonds is 4. The molecular weight excluding hydrogens is 691 g/mol. The summed E-state index contributed by atoms with van der Waals surface area (Å²) in [7, 11) is 0. The van der Waals surface area contributed by atoms with Crippen molar-refractivity contribution in [1.29, 1.82) is 0 Å². The average Bonchev–Trinajstić information content (AvgIpc) is 3.48. The van der Waals surface area contributed by atoms with E-state index in [4.69, 9.17) is 23.7 Å². The molecule has 4 heterocycles. The molecular formula is C37H47FN6O9. The van der Waals surface area contributed by atoms with Crippen LogP contribution in [0.2, 0.25) is 0 Å². The number of hydrogen-bond acceptors (Lipinski definition) is 11. The van der Waals surface area contributed by atoms with E-state index in [1.54, 1.807) is 69.2 Å². The van der Waals surface area contributed by atoms with Crippen LogP contribution >= 0.6 is 0 Å². The van der Waals surface area contributed by atoms with Gasteiger partial charge in [0.25, 0.3) is 0 Å². The minimum atomic E-state index is -0.901. The molecule has 1 atom stereocenters. The molecule has 2 N–H and O–H groups in total. The molecule has 0 bridgehead atoms. The van der Waals surface area contributed by atoms with Crippen LogP contribution in [0.1, 0.15) is 74.3 Å². The van der Waals surface area contributed by atoms with Gasteiger partial charge >= 0.3 is 24.4 Å². The number of fused-ring (bicyclic) bond motifs is 2. The molecule has 5 rings (SSSR count). The first kappa shape index (κ1) is 38.8. The second-order valence-corrected chi connectivity index (χ2v) is 15.8. The first-order valence-electron chi connectivity index (χ1n) is 17.3. The molecule has 0 saturated carbocycles. The first-order chi connectivity index (χ1) is 24.6. The predicted molar refractivity (Wildman–Crippen MR) is 195 cm³/mol. The number of aromatic nitrogens is 2. The van der Waals surface area contributed by atoms with Crippen LogP contribution in [-0.4, -0.2) is 88.4 Å². The fraction of sp³-hybridized carbons (Fsp3) is 0.514. The molecule has 0 aliphatic carbocycles. The average molecular weight is 739 g/mol. The lowest BCUT2D eigenvalue weighted by Gasteiger charge is -2.32. The van der Waals surface area contributed by atoms with Gasteiger partial charge in [-0.15, -0.1) is 0 Å². The van der Waals surface area contributed by atoms with Crippen LogP contribution in [0.15, 0.2) is 24.5 Å². The van der Waals surface area contributed by atoms with Crippen LogP contribution in [0.3, 0.4) is 0 Å². The molecule has 0 spiro atoms. The molecule has 2 aliphatic rings. The number of likely N-dealkylation sites (tertiary alicyclic amines) is 1. The largest absolute Gasteiger partial charge is 0.474 e. The Kier molecular flexibility index (Phi) is 10.7. The second-order valence-electron chi connectivity index (χ2n) is 15.8. The highest BCUT2D eigenvalue weighted by Crippen LogP contribution is 2.42. The summed E-state index contributed by atoms with van der Waals surface area (Å²) in [6, 6.07) is 3.02. The Morgan fingerprint density at radius 2 is 1.49 bits per heavy atom. The van der Waals surface area contributed by atoms with Gasteiger partial charge in [-0.05, 0) is 92.3 Å². The number of halogens is 1. The van der Waals surface area contributed by atoms with Crippen LogP contribution in [0.5, 0.6) is 5.88 Å². The van der Waals surface area contributed by atoms with Gasteiger partial charge in [0.15, 0.2) is 5.82 Å². The highest BCUT2D eigenvalue weighted by Gasteiger charge is 2.34. The van der Waals surface area contributed by atoms with Crippen molar-refractivity contribution in [3.63, 3.8) is 0 Å². The zero-order valence-electron chi connectivity index (χ0n) is 31.8. The summed E-state index contributed by atoms with van der Waals surface area (Å²) in [5.41, 5.74) is -1.42. The van der Waals surface area contributed by atoms with Crippen molar-refractivity contribution in [2.24, 2.45) is 0 Å². The molecule has 3 aromatic rings. The Labute approximate surface area is 307 Å². The molecule has 2 aliphatic heterocycles. The summed E-state index contributed by atoms with van der Waals surface area (Å²) in [5.74, 6) is -0.552. The van der Waals surface area contributed by atoms with E-state index < -0.39 is 53.1 Å². The van der Waals surface area contributed by atoms with Gasteiger partial charge < -0.3 is 28.6 Å². The number of pyridine rings is 2. The molecule has 1 unspecified atom stereocenters. The van der Waals surface area contributed by atoms with Crippen molar-refractivity contribution in [3.8, 4) is 17.0 Å². The normalized spacial score (nSPS) is 16.0. The highest BCUT2D eigenvalue weighted by atomic mass is 19.1. The maximum absolute atomic E-state index is 16.7. The van der Waals surface area contributed by atoms with Crippen molar-refractivity contribution >= 4 is 52.3 Å². The number of amides is 4. The van der Waals surface area contributed by atoms with Crippen molar-refractivity contribution in [3.05, 3.63) is 35.9 Å². The van der Waals surface area contributed by atoms with Gasteiger partial charge in [0, 0.05) is 41.9 Å². The molecule has 286 valence electrons. The number of hydrogen-bond donors (Lipinski definition) is 2. The Balaban J connectivity index is 1.49. The van der Waals surface area contributed by atoms with Gasteiger partial charge in [0.2, 0.25) is 5.88 Å². The highest BCUT2D eigenvalue weighted by molar-refractivity contribution is 6.05. The molecule has 15 nitrogen and oxygen atoms in total. The van der Waals surface area contributed by atoms with E-state index in [-0.39, 0.29) is 48.0 Å². The number of nitrogens with one attached hydrogen (secondary N) is 2. The molecule has 2 aromatic heterocycles. The molecule has 53 heavy (non-hydrogen) atoms. The number of carbonyl (C=O) groups is 4. The number of nitrogens with zero attached hydrogens (tertiary/aromatic N) is 4. The van der Waals surface area contributed by atoms with Gasteiger partial charge in [0.1, 0.15) is 41.0 Å². The summed E-state index contributed by atoms with van der Waals surface area (Å²) in [5, 5.41) is 5.72. The van der Waals surface area contributed by atoms with Gasteiger partial charge in [-0.2, -0.15) is 0 Å². The number of benzene rings is 1. The summed E-state index contributed by atoms with van der Waals surface area (Å²) < 4.78 is 44.5. The van der Waals surface area contributed by atoms with Gasteiger partial charge in [0.05, 0.1) is 18.8 Å². The lowest BCUT2D eigenvalue weighted by atomic mass is 9.96. The smallest absolute Gasteiger partial charge is 0.415 e. The topological polar surface area (TPSA) is 171 Å². The summed E-state index contributed by atoms with van der Waals surface area (Å²) in [6.45, 7) is 18.2. The van der Waals surface area contributed by atoms with Crippen LogP contribution in [0, 0.1) is 12.7 Å². The first-order valence-corrected chi connectivity index (χ1v) is 17.3. The second kappa shape index (κ2) is 14.5. The lowest BCUT2D eigenvalue weighted by Crippen LogP contribution is -2.42. The van der Waals surface area contributed by atoms with E-state index in [9.17, 15) is 19.2 Å². The minimum Gasteiger partial charge on any atom is -0.474 e. The predicted octanol–water partition coefficient (Wildman–Crippen LogP) is 7.78. The van der Waals surface area contributed by atoms with Crippen LogP contribution in [0.25, 0.3) is 21.9 Å². The molecule has 0 radical (unpaired) electrons. The molecule has 1 saturated heterocycles. The molecule has 1 aromatic carbocycles. The zero-order chi connectivity index (χ0) is 39.0. The number of anilines is 3. The van der Waals surface area contributed by atoms with E-state index in [1.807, 2.05) is 0 Å². The third-order valence-corrected chi connectivity index (χ3v) is 7.89. The van der Waals surface area contributed by atoms with Crippen LogP contribution < -0.4 is 20.3 Å². The summed E-state index contributed by atoms with van der Waals surface area (Å²) >= 11 is 0. The monoisotopic (exact) mass is 738 g/mol.